The molecule has 1 heterocycles. The van der Waals surface area contributed by atoms with Crippen molar-refractivity contribution in [3.8, 4) is 0 Å². The van der Waals surface area contributed by atoms with Crippen molar-refractivity contribution in [2.45, 2.75) is 44.9 Å². The zero-order valence-electron chi connectivity index (χ0n) is 14.8. The highest BCUT2D eigenvalue weighted by Crippen LogP contribution is 2.30. The number of carbonyl (C=O) groups is 3. The lowest BCUT2D eigenvalue weighted by Crippen LogP contribution is -2.75. The van der Waals surface area contributed by atoms with E-state index in [1.54, 1.807) is 17.6 Å². The number of alkyl halides is 3. The molecule has 0 aromatic carbocycles. The summed E-state index contributed by atoms with van der Waals surface area (Å²) in [6.07, 6.45) is -4.61. The van der Waals surface area contributed by atoms with Crippen molar-refractivity contribution in [2.24, 2.45) is 0 Å². The van der Waals surface area contributed by atoms with Crippen LogP contribution in [-0.4, -0.2) is 67.6 Å². The first-order valence-corrected chi connectivity index (χ1v) is 8.37. The lowest BCUT2D eigenvalue weighted by atomic mass is 10.1. The molecule has 3 amide bonds. The van der Waals surface area contributed by atoms with Crippen molar-refractivity contribution in [3.63, 3.8) is 0 Å². The van der Waals surface area contributed by atoms with Gasteiger partial charge in [-0.3, -0.25) is 10.1 Å². The molecular formula is C15H24F3N3O5. The van der Waals surface area contributed by atoms with E-state index < -0.39 is 29.7 Å². The van der Waals surface area contributed by atoms with Crippen LogP contribution in [0.4, 0.5) is 18.0 Å². The molecule has 150 valence electrons. The first kappa shape index (κ1) is 22.0. The van der Waals surface area contributed by atoms with Gasteiger partial charge in [0.2, 0.25) is 5.91 Å². The van der Waals surface area contributed by atoms with Crippen LogP contribution in [0.15, 0.2) is 0 Å². The summed E-state index contributed by atoms with van der Waals surface area (Å²) in [5.41, 5.74) is -3.65. The highest BCUT2D eigenvalue weighted by Gasteiger charge is 2.64. The molecule has 0 bridgehead atoms. The van der Waals surface area contributed by atoms with Crippen molar-refractivity contribution in [1.29, 1.82) is 0 Å². The number of urea groups is 1. The summed E-state index contributed by atoms with van der Waals surface area (Å²) in [4.78, 5) is 37.4. The lowest BCUT2D eigenvalue weighted by Gasteiger charge is -2.37. The normalized spacial score (nSPS) is 17.2. The highest BCUT2D eigenvalue weighted by molar-refractivity contribution is 5.92. The molecule has 1 aliphatic rings. The Hall–Kier alpha value is -2.04. The Morgan fingerprint density at radius 2 is 1.73 bits per heavy atom. The third-order valence-electron chi connectivity index (χ3n) is 3.68. The summed E-state index contributed by atoms with van der Waals surface area (Å²) in [5.74, 6) is -2.81. The molecule has 11 heteroatoms. The second-order valence-corrected chi connectivity index (χ2v) is 5.65. The number of hydrogen-bond acceptors (Lipinski definition) is 5. The summed E-state index contributed by atoms with van der Waals surface area (Å²) in [5, 5.41) is 3.26. The molecular weight excluding hydrogens is 359 g/mol. The van der Waals surface area contributed by atoms with Crippen molar-refractivity contribution >= 4 is 17.9 Å². The van der Waals surface area contributed by atoms with Gasteiger partial charge < -0.3 is 19.7 Å². The third kappa shape index (κ3) is 5.48. The molecule has 26 heavy (non-hydrogen) atoms. The Morgan fingerprint density at radius 1 is 1.12 bits per heavy atom. The first-order chi connectivity index (χ1) is 12.2. The van der Waals surface area contributed by atoms with Crippen molar-refractivity contribution < 1.29 is 37.0 Å². The number of amides is 3. The Bertz CT molecular complexity index is 509. The predicted molar refractivity (Wildman–Crippen MR) is 84.0 cm³/mol. The van der Waals surface area contributed by atoms with E-state index in [1.165, 1.54) is 6.92 Å². The van der Waals surface area contributed by atoms with E-state index in [-0.39, 0.29) is 39.3 Å². The average molecular weight is 383 g/mol. The minimum Gasteiger partial charge on any atom is -0.463 e. The fourth-order valence-electron chi connectivity index (χ4n) is 2.24. The third-order valence-corrected chi connectivity index (χ3v) is 3.68. The Balaban J connectivity index is 3.12. The van der Waals surface area contributed by atoms with Crippen LogP contribution in [0.1, 0.15) is 33.1 Å². The summed E-state index contributed by atoms with van der Waals surface area (Å²) < 4.78 is 50.9. The number of ether oxygens (including phenoxy) is 2. The molecule has 0 aliphatic carbocycles. The standard InChI is InChI=1S/C15H24F3N3O5/c1-3-5-6-11(22)19-14(15(16,17)18,12(23)26-4-2)20-13(24)21-7-9-25-10-8-21/h3-10H2,1-2H3,(H,19,22)(H,20,24). The number of carbonyl (C=O) groups excluding carboxylic acids is 3. The topological polar surface area (TPSA) is 97.0 Å². The number of hydrogen-bond donors (Lipinski definition) is 2. The number of esters is 1. The Kier molecular flexibility index (Phi) is 8.12. The highest BCUT2D eigenvalue weighted by atomic mass is 19.4. The Labute approximate surface area is 149 Å². The number of morpholine rings is 1. The van der Waals surface area contributed by atoms with Crippen LogP contribution in [-0.2, 0) is 19.1 Å². The molecule has 1 unspecified atom stereocenters. The second kappa shape index (κ2) is 9.60. The second-order valence-electron chi connectivity index (χ2n) is 5.65. The van der Waals surface area contributed by atoms with Crippen LogP contribution in [0, 0.1) is 0 Å². The van der Waals surface area contributed by atoms with Crippen LogP contribution in [0.5, 0.6) is 0 Å². The number of nitrogens with one attached hydrogen (secondary N) is 2. The zero-order valence-corrected chi connectivity index (χ0v) is 14.8. The Morgan fingerprint density at radius 3 is 2.23 bits per heavy atom. The minimum absolute atomic E-state index is 0.0619. The summed E-state index contributed by atoms with van der Waals surface area (Å²) in [6.45, 7) is 3.18. The van der Waals surface area contributed by atoms with Crippen LogP contribution in [0.2, 0.25) is 0 Å². The van der Waals surface area contributed by atoms with Gasteiger partial charge in [0.25, 0.3) is 0 Å². The van der Waals surface area contributed by atoms with Gasteiger partial charge in [0.1, 0.15) is 0 Å². The summed E-state index contributed by atoms with van der Waals surface area (Å²) >= 11 is 0. The SMILES string of the molecule is CCCCC(=O)NC(NC(=O)N1CCOCC1)(C(=O)OCC)C(F)(F)F. The monoisotopic (exact) mass is 383 g/mol. The van der Waals surface area contributed by atoms with E-state index in [1.807, 2.05) is 0 Å². The number of unbranched alkanes of at least 4 members (excludes halogenated alkanes) is 1. The van der Waals surface area contributed by atoms with Gasteiger partial charge in [-0.15, -0.1) is 0 Å². The van der Waals surface area contributed by atoms with E-state index in [0.717, 1.165) is 4.90 Å². The van der Waals surface area contributed by atoms with Gasteiger partial charge in [-0.2, -0.15) is 13.2 Å². The predicted octanol–water partition coefficient (Wildman–Crippen LogP) is 1.16. The maximum atomic E-state index is 13.8. The number of nitrogens with zero attached hydrogens (tertiary/aromatic N) is 1. The van der Waals surface area contributed by atoms with Gasteiger partial charge in [0, 0.05) is 19.5 Å². The smallest absolute Gasteiger partial charge is 0.442 e. The van der Waals surface area contributed by atoms with Crippen LogP contribution in [0.3, 0.4) is 0 Å². The lowest BCUT2D eigenvalue weighted by molar-refractivity contribution is -0.219. The molecule has 1 atom stereocenters. The zero-order chi connectivity index (χ0) is 19.8. The fourth-order valence-corrected chi connectivity index (χ4v) is 2.24. The largest absolute Gasteiger partial charge is 0.463 e. The molecule has 0 radical (unpaired) electrons. The molecule has 0 aromatic heterocycles. The van der Waals surface area contributed by atoms with E-state index >= 15 is 0 Å². The van der Waals surface area contributed by atoms with Crippen molar-refractivity contribution in [1.82, 2.24) is 15.5 Å². The summed E-state index contributed by atoms with van der Waals surface area (Å²) in [6, 6.07) is -1.14. The number of rotatable bonds is 7. The van der Waals surface area contributed by atoms with Crippen molar-refractivity contribution in [2.75, 3.05) is 32.9 Å². The molecule has 1 fully saturated rings. The van der Waals surface area contributed by atoms with E-state index in [4.69, 9.17) is 4.74 Å². The van der Waals surface area contributed by atoms with E-state index in [0.29, 0.717) is 12.8 Å². The van der Waals surface area contributed by atoms with Crippen LogP contribution in [0.25, 0.3) is 0 Å². The molecule has 2 N–H and O–H groups in total. The molecule has 0 aromatic rings. The van der Waals surface area contributed by atoms with Gasteiger partial charge in [0.15, 0.2) is 0 Å². The fraction of sp³-hybridized carbons (Fsp3) is 0.800. The summed E-state index contributed by atoms with van der Waals surface area (Å²) in [7, 11) is 0. The van der Waals surface area contributed by atoms with Gasteiger partial charge in [-0.05, 0) is 13.3 Å². The van der Waals surface area contributed by atoms with Gasteiger partial charge in [-0.1, -0.05) is 13.3 Å². The molecule has 0 saturated carbocycles. The molecule has 1 saturated heterocycles. The van der Waals surface area contributed by atoms with E-state index in [9.17, 15) is 27.6 Å². The van der Waals surface area contributed by atoms with E-state index in [2.05, 4.69) is 4.74 Å². The average Bonchev–Trinajstić information content (AvgIpc) is 2.59. The molecule has 1 rings (SSSR count). The van der Waals surface area contributed by atoms with Crippen LogP contribution >= 0.6 is 0 Å². The van der Waals surface area contributed by atoms with Gasteiger partial charge in [-0.25, -0.2) is 9.59 Å². The quantitative estimate of drug-likeness (QED) is 0.508. The molecule has 0 spiro atoms. The molecule has 1 aliphatic heterocycles. The van der Waals surface area contributed by atoms with Crippen molar-refractivity contribution in [3.05, 3.63) is 0 Å². The van der Waals surface area contributed by atoms with Gasteiger partial charge in [0.05, 0.1) is 19.8 Å². The first-order valence-electron chi connectivity index (χ1n) is 8.37. The maximum absolute atomic E-state index is 13.8. The van der Waals surface area contributed by atoms with Gasteiger partial charge >= 0.3 is 23.8 Å². The minimum atomic E-state index is -5.30. The maximum Gasteiger partial charge on any atom is 0.442 e. The van der Waals surface area contributed by atoms with Crippen LogP contribution < -0.4 is 10.6 Å². The number of halogens is 3. The molecule has 8 nitrogen and oxygen atoms in total.